The van der Waals surface area contributed by atoms with Crippen LogP contribution in [0.3, 0.4) is 0 Å². The molecule has 0 aromatic heterocycles. The van der Waals surface area contributed by atoms with Crippen LogP contribution in [0.5, 0.6) is 0 Å². The van der Waals surface area contributed by atoms with E-state index in [1.165, 1.54) is 0 Å². The largest absolute Gasteiger partial charge is 0.462 e. The van der Waals surface area contributed by atoms with Gasteiger partial charge in [-0.15, -0.1) is 0 Å². The molecule has 0 spiro atoms. The molecule has 6 fully saturated rings. The lowest BCUT2D eigenvalue weighted by atomic mass is 9.43. The quantitative estimate of drug-likeness (QED) is 0.330. The van der Waals surface area contributed by atoms with E-state index < -0.39 is 30.7 Å². The number of rotatable bonds is 2. The van der Waals surface area contributed by atoms with Crippen LogP contribution in [0.25, 0.3) is 0 Å². The maximum atomic E-state index is 12.4. The minimum atomic E-state index is -1.34. The zero-order valence-electron chi connectivity index (χ0n) is 22.0. The van der Waals surface area contributed by atoms with E-state index in [2.05, 4.69) is 13.8 Å². The van der Waals surface area contributed by atoms with Crippen LogP contribution < -0.4 is 0 Å². The van der Waals surface area contributed by atoms with E-state index >= 15 is 0 Å². The van der Waals surface area contributed by atoms with E-state index in [1.54, 1.807) is 6.92 Å². The Balaban J connectivity index is 1.31. The van der Waals surface area contributed by atoms with Crippen LogP contribution in [0.15, 0.2) is 0 Å². The summed E-state index contributed by atoms with van der Waals surface area (Å²) in [5, 5.41) is 41.9. The van der Waals surface area contributed by atoms with Crippen molar-refractivity contribution in [3.05, 3.63) is 0 Å². The predicted octanol–water partition coefficient (Wildman–Crippen LogP) is 2.00. The monoisotopic (exact) mass is 508 g/mol. The average Bonchev–Trinajstić information content (AvgIpc) is 3.29. The van der Waals surface area contributed by atoms with Crippen LogP contribution in [-0.2, 0) is 19.0 Å². The fourth-order valence-electron chi connectivity index (χ4n) is 10.1. The SMILES string of the molecule is CC1OC(OC2CC3C(CCC4(C)C3CC3OC(=O)C(C)C34)C3(C)CCC(O)CC23)C(O)C(O)C1O. The zero-order valence-corrected chi connectivity index (χ0v) is 22.0. The van der Waals surface area contributed by atoms with Crippen LogP contribution in [0.1, 0.15) is 72.6 Å². The van der Waals surface area contributed by atoms with Crippen molar-refractivity contribution in [1.29, 1.82) is 0 Å². The molecule has 4 N–H and O–H groups in total. The number of hydrogen-bond acceptors (Lipinski definition) is 8. The smallest absolute Gasteiger partial charge is 0.309 e. The first-order valence-corrected chi connectivity index (χ1v) is 14.2. The molecule has 204 valence electrons. The number of esters is 1. The second-order valence-electron chi connectivity index (χ2n) is 13.6. The van der Waals surface area contributed by atoms with Crippen molar-refractivity contribution in [3.63, 3.8) is 0 Å². The highest BCUT2D eigenvalue weighted by molar-refractivity contribution is 5.75. The normalized spacial score (nSPS) is 60.5. The molecule has 4 aliphatic carbocycles. The van der Waals surface area contributed by atoms with Gasteiger partial charge in [-0.2, -0.15) is 0 Å². The van der Waals surface area contributed by atoms with Crippen molar-refractivity contribution in [3.8, 4) is 0 Å². The van der Waals surface area contributed by atoms with Crippen LogP contribution >= 0.6 is 0 Å². The predicted molar refractivity (Wildman–Crippen MR) is 128 cm³/mol. The van der Waals surface area contributed by atoms with Gasteiger partial charge in [-0.25, -0.2) is 0 Å². The Morgan fingerprint density at radius 3 is 2.33 bits per heavy atom. The van der Waals surface area contributed by atoms with Crippen molar-refractivity contribution in [2.75, 3.05) is 0 Å². The van der Waals surface area contributed by atoms with E-state index in [-0.39, 0.29) is 52.9 Å². The van der Waals surface area contributed by atoms with Crippen molar-refractivity contribution in [2.24, 2.45) is 46.3 Å². The Hall–Kier alpha value is -0.770. The lowest BCUT2D eigenvalue weighted by Crippen LogP contribution is -2.62. The molecule has 0 aromatic rings. The van der Waals surface area contributed by atoms with Gasteiger partial charge in [-0.3, -0.25) is 4.79 Å². The van der Waals surface area contributed by atoms with Gasteiger partial charge in [0.15, 0.2) is 6.29 Å². The number of carbonyl (C=O) groups is 1. The minimum Gasteiger partial charge on any atom is -0.462 e. The fourth-order valence-corrected chi connectivity index (χ4v) is 10.1. The molecule has 0 bridgehead atoms. The van der Waals surface area contributed by atoms with Gasteiger partial charge < -0.3 is 34.6 Å². The first kappa shape index (κ1) is 25.5. The molecule has 0 aromatic carbocycles. The topological polar surface area (TPSA) is 126 Å². The van der Waals surface area contributed by atoms with Crippen molar-refractivity contribution >= 4 is 5.97 Å². The lowest BCUT2D eigenvalue weighted by molar-refractivity contribution is -0.322. The lowest BCUT2D eigenvalue weighted by Gasteiger charge is -2.63. The molecule has 16 unspecified atom stereocenters. The molecule has 4 saturated carbocycles. The standard InChI is InChI=1S/C28H44O8/c1-12-21-20(35-25(12)33)11-17-15-10-19(36-26-24(32)23(31)22(30)13(2)34-26)18-9-14(29)5-7-27(18,3)16(15)6-8-28(17,21)4/h12-24,26,29-32H,5-11H2,1-4H3. The number of fused-ring (bicyclic) bond motifs is 7. The van der Waals surface area contributed by atoms with Gasteiger partial charge in [0.2, 0.25) is 0 Å². The van der Waals surface area contributed by atoms with E-state index in [9.17, 15) is 25.2 Å². The third-order valence-corrected chi connectivity index (χ3v) is 12.0. The van der Waals surface area contributed by atoms with Crippen molar-refractivity contribution in [1.82, 2.24) is 0 Å². The second-order valence-corrected chi connectivity index (χ2v) is 13.6. The Kier molecular flexibility index (Phi) is 6.10. The van der Waals surface area contributed by atoms with E-state index in [0.29, 0.717) is 24.2 Å². The molecule has 16 atom stereocenters. The first-order valence-electron chi connectivity index (χ1n) is 14.2. The van der Waals surface area contributed by atoms with Gasteiger partial charge in [0.25, 0.3) is 0 Å². The molecular weight excluding hydrogens is 464 g/mol. The van der Waals surface area contributed by atoms with Crippen molar-refractivity contribution < 1.29 is 39.4 Å². The third kappa shape index (κ3) is 3.51. The summed E-state index contributed by atoms with van der Waals surface area (Å²) in [6, 6.07) is 0. The summed E-state index contributed by atoms with van der Waals surface area (Å²) in [5.74, 6) is 1.61. The van der Waals surface area contributed by atoms with Crippen LogP contribution in [0, 0.1) is 46.3 Å². The summed E-state index contributed by atoms with van der Waals surface area (Å²) in [4.78, 5) is 12.4. The highest BCUT2D eigenvalue weighted by atomic mass is 16.7. The van der Waals surface area contributed by atoms with Gasteiger partial charge in [0, 0.05) is 5.92 Å². The molecule has 2 aliphatic heterocycles. The number of aliphatic hydroxyl groups is 4. The average molecular weight is 509 g/mol. The highest BCUT2D eigenvalue weighted by Crippen LogP contribution is 2.69. The van der Waals surface area contributed by atoms with Gasteiger partial charge in [-0.05, 0) is 86.4 Å². The van der Waals surface area contributed by atoms with E-state index in [0.717, 1.165) is 38.5 Å². The maximum absolute atomic E-state index is 12.4. The third-order valence-electron chi connectivity index (χ3n) is 12.0. The minimum absolute atomic E-state index is 0.000287. The molecule has 8 heteroatoms. The number of ether oxygens (including phenoxy) is 3. The Morgan fingerprint density at radius 1 is 0.861 bits per heavy atom. The Labute approximate surface area is 213 Å². The Bertz CT molecular complexity index is 882. The first-order chi connectivity index (χ1) is 17.0. The van der Waals surface area contributed by atoms with Gasteiger partial charge >= 0.3 is 5.97 Å². The number of aliphatic hydroxyl groups excluding tert-OH is 4. The zero-order chi connectivity index (χ0) is 25.7. The molecule has 6 aliphatic rings. The van der Waals surface area contributed by atoms with Crippen LogP contribution in [0.4, 0.5) is 0 Å². The molecular formula is C28H44O8. The second kappa shape index (κ2) is 8.62. The summed E-state index contributed by atoms with van der Waals surface area (Å²) in [6.07, 6.45) is 0.191. The molecule has 36 heavy (non-hydrogen) atoms. The molecule has 0 radical (unpaired) electrons. The molecule has 2 heterocycles. The van der Waals surface area contributed by atoms with Gasteiger partial charge in [0.05, 0.1) is 24.2 Å². The number of carbonyl (C=O) groups excluding carboxylic acids is 1. The van der Waals surface area contributed by atoms with Gasteiger partial charge in [0.1, 0.15) is 24.4 Å². The summed E-state index contributed by atoms with van der Waals surface area (Å²) >= 11 is 0. The van der Waals surface area contributed by atoms with Crippen LogP contribution in [0.2, 0.25) is 0 Å². The van der Waals surface area contributed by atoms with Gasteiger partial charge in [-0.1, -0.05) is 20.8 Å². The molecule has 6 rings (SSSR count). The maximum Gasteiger partial charge on any atom is 0.309 e. The summed E-state index contributed by atoms with van der Waals surface area (Å²) in [6.45, 7) is 8.45. The van der Waals surface area contributed by atoms with E-state index in [4.69, 9.17) is 14.2 Å². The summed E-state index contributed by atoms with van der Waals surface area (Å²) in [7, 11) is 0. The fraction of sp³-hybridized carbons (Fsp3) is 0.964. The van der Waals surface area contributed by atoms with Crippen molar-refractivity contribution in [2.45, 2.75) is 122 Å². The van der Waals surface area contributed by atoms with E-state index in [1.807, 2.05) is 6.92 Å². The molecule has 0 amide bonds. The Morgan fingerprint density at radius 2 is 1.58 bits per heavy atom. The highest BCUT2D eigenvalue weighted by Gasteiger charge is 2.67. The molecule has 2 saturated heterocycles. The number of hydrogen-bond donors (Lipinski definition) is 4. The molecule has 8 nitrogen and oxygen atoms in total. The summed E-state index contributed by atoms with van der Waals surface area (Å²) < 4.78 is 18.3. The summed E-state index contributed by atoms with van der Waals surface area (Å²) in [5.41, 5.74) is 0.0481. The van der Waals surface area contributed by atoms with Crippen LogP contribution in [-0.4, -0.2) is 75.4 Å².